The van der Waals surface area contributed by atoms with Crippen LogP contribution in [0.1, 0.15) is 44.6 Å². The molecule has 1 amide bonds. The second kappa shape index (κ2) is 6.87. The van der Waals surface area contributed by atoms with Gasteiger partial charge in [0.25, 0.3) is 0 Å². The Balaban J connectivity index is 1.57. The standard InChI is InChI=1S/C18H25NOS/c1-2-5-14-8-9-18(20)19(11-10-14)13-16-12-15-6-3-4-7-17(15)21-16/h3-4,6-7,14,16H,2,5,8-13H2,1H3. The molecular weight excluding hydrogens is 278 g/mol. The number of thioether (sulfide) groups is 1. The van der Waals surface area contributed by atoms with Gasteiger partial charge in [-0.25, -0.2) is 0 Å². The van der Waals surface area contributed by atoms with Gasteiger partial charge in [0, 0.05) is 29.7 Å². The van der Waals surface area contributed by atoms with Crippen molar-refractivity contribution in [1.82, 2.24) is 4.90 Å². The van der Waals surface area contributed by atoms with Crippen molar-refractivity contribution in [1.29, 1.82) is 0 Å². The summed E-state index contributed by atoms with van der Waals surface area (Å²) in [5.41, 5.74) is 1.46. The molecule has 1 fully saturated rings. The van der Waals surface area contributed by atoms with Gasteiger partial charge in [0.1, 0.15) is 0 Å². The fourth-order valence-corrected chi connectivity index (χ4v) is 4.92. The number of nitrogens with zero attached hydrogens (tertiary/aromatic N) is 1. The lowest BCUT2D eigenvalue weighted by Crippen LogP contribution is -2.36. The summed E-state index contributed by atoms with van der Waals surface area (Å²) < 4.78 is 0. The second-order valence-corrected chi connectivity index (χ2v) is 7.72. The lowest BCUT2D eigenvalue weighted by Gasteiger charge is -2.24. The predicted octanol–water partition coefficient (Wildman–Crippen LogP) is 4.13. The van der Waals surface area contributed by atoms with Crippen LogP contribution in [-0.4, -0.2) is 29.1 Å². The number of hydrogen-bond acceptors (Lipinski definition) is 2. The molecule has 2 atom stereocenters. The van der Waals surface area contributed by atoms with Crippen LogP contribution in [0, 0.1) is 5.92 Å². The first-order valence-corrected chi connectivity index (χ1v) is 9.16. The van der Waals surface area contributed by atoms with Gasteiger partial charge in [-0.3, -0.25) is 4.79 Å². The van der Waals surface area contributed by atoms with E-state index < -0.39 is 0 Å². The van der Waals surface area contributed by atoms with Crippen molar-refractivity contribution in [3.63, 3.8) is 0 Å². The van der Waals surface area contributed by atoms with Crippen LogP contribution in [0.25, 0.3) is 0 Å². The molecule has 0 spiro atoms. The Kier molecular flexibility index (Phi) is 4.89. The summed E-state index contributed by atoms with van der Waals surface area (Å²) in [6.07, 6.45) is 6.69. The van der Waals surface area contributed by atoms with Crippen LogP contribution < -0.4 is 0 Å². The second-order valence-electron chi connectivity index (χ2n) is 6.37. The first kappa shape index (κ1) is 15.0. The molecule has 3 rings (SSSR count). The summed E-state index contributed by atoms with van der Waals surface area (Å²) in [4.78, 5) is 15.9. The summed E-state index contributed by atoms with van der Waals surface area (Å²) in [5.74, 6) is 1.14. The molecule has 0 aliphatic carbocycles. The number of hydrogen-bond donors (Lipinski definition) is 0. The van der Waals surface area contributed by atoms with Crippen molar-refractivity contribution < 1.29 is 4.79 Å². The number of carbonyl (C=O) groups excluding carboxylic acids is 1. The Labute approximate surface area is 132 Å². The third kappa shape index (κ3) is 3.63. The van der Waals surface area contributed by atoms with Crippen LogP contribution in [0.4, 0.5) is 0 Å². The highest BCUT2D eigenvalue weighted by molar-refractivity contribution is 8.00. The van der Waals surface area contributed by atoms with Crippen LogP contribution >= 0.6 is 11.8 Å². The summed E-state index contributed by atoms with van der Waals surface area (Å²) in [6, 6.07) is 8.67. The number of benzene rings is 1. The summed E-state index contributed by atoms with van der Waals surface area (Å²) in [6.45, 7) is 4.14. The van der Waals surface area contributed by atoms with E-state index in [2.05, 4.69) is 36.1 Å². The van der Waals surface area contributed by atoms with Gasteiger partial charge in [-0.15, -0.1) is 11.8 Å². The average molecular weight is 303 g/mol. The Morgan fingerprint density at radius 2 is 2.14 bits per heavy atom. The lowest BCUT2D eigenvalue weighted by atomic mass is 9.96. The maximum Gasteiger partial charge on any atom is 0.222 e. The quantitative estimate of drug-likeness (QED) is 0.833. The normalized spacial score (nSPS) is 25.8. The number of carbonyl (C=O) groups is 1. The van der Waals surface area contributed by atoms with E-state index in [1.54, 1.807) is 0 Å². The summed E-state index contributed by atoms with van der Waals surface area (Å²) in [5, 5.41) is 0.550. The zero-order chi connectivity index (χ0) is 14.7. The molecule has 2 nitrogen and oxygen atoms in total. The van der Waals surface area contributed by atoms with Gasteiger partial charge in [-0.1, -0.05) is 38.0 Å². The SMILES string of the molecule is CCCC1CCC(=O)N(CC2Cc3ccccc3S2)CC1. The van der Waals surface area contributed by atoms with Crippen molar-refractivity contribution in [2.75, 3.05) is 13.1 Å². The molecule has 2 unspecified atom stereocenters. The molecule has 0 aromatic heterocycles. The van der Waals surface area contributed by atoms with Crippen LogP contribution in [-0.2, 0) is 11.2 Å². The highest BCUT2D eigenvalue weighted by Crippen LogP contribution is 2.37. The van der Waals surface area contributed by atoms with Gasteiger partial charge in [0.05, 0.1) is 0 Å². The molecule has 1 aromatic rings. The molecule has 0 N–H and O–H groups in total. The fourth-order valence-electron chi connectivity index (χ4n) is 3.58. The fraction of sp³-hybridized carbons (Fsp3) is 0.611. The molecule has 1 aromatic carbocycles. The molecule has 0 bridgehead atoms. The third-order valence-electron chi connectivity index (χ3n) is 4.76. The molecule has 0 radical (unpaired) electrons. The van der Waals surface area contributed by atoms with E-state index >= 15 is 0 Å². The predicted molar refractivity (Wildman–Crippen MR) is 88.6 cm³/mol. The van der Waals surface area contributed by atoms with Crippen molar-refractivity contribution in [2.24, 2.45) is 5.92 Å². The van der Waals surface area contributed by atoms with E-state index in [1.165, 1.54) is 29.7 Å². The summed E-state index contributed by atoms with van der Waals surface area (Å²) >= 11 is 1.96. The van der Waals surface area contributed by atoms with Gasteiger partial charge in [-0.2, -0.15) is 0 Å². The van der Waals surface area contributed by atoms with Crippen molar-refractivity contribution in [2.45, 2.75) is 55.6 Å². The first-order chi connectivity index (χ1) is 10.3. The van der Waals surface area contributed by atoms with E-state index in [1.807, 2.05) is 11.8 Å². The minimum atomic E-state index is 0.380. The Bertz CT molecular complexity index is 477. The molecule has 2 aliphatic rings. The third-order valence-corrected chi connectivity index (χ3v) is 6.06. The van der Waals surface area contributed by atoms with Crippen LogP contribution in [0.2, 0.25) is 0 Å². The molecular formula is C18H25NOS. The van der Waals surface area contributed by atoms with Crippen molar-refractivity contribution in [3.8, 4) is 0 Å². The number of fused-ring (bicyclic) bond motifs is 1. The van der Waals surface area contributed by atoms with Crippen LogP contribution in [0.15, 0.2) is 29.2 Å². The Hall–Kier alpha value is -0.960. The monoisotopic (exact) mass is 303 g/mol. The van der Waals surface area contributed by atoms with Gasteiger partial charge >= 0.3 is 0 Å². The molecule has 3 heteroatoms. The van der Waals surface area contributed by atoms with Gasteiger partial charge < -0.3 is 4.90 Å². The van der Waals surface area contributed by atoms with E-state index in [4.69, 9.17) is 0 Å². The molecule has 2 heterocycles. The number of amides is 1. The van der Waals surface area contributed by atoms with Crippen molar-refractivity contribution >= 4 is 17.7 Å². The molecule has 114 valence electrons. The van der Waals surface area contributed by atoms with E-state index in [9.17, 15) is 4.79 Å². The maximum absolute atomic E-state index is 12.3. The molecule has 0 saturated carbocycles. The summed E-state index contributed by atoms with van der Waals surface area (Å²) in [7, 11) is 0. The van der Waals surface area contributed by atoms with E-state index in [0.717, 1.165) is 38.3 Å². The maximum atomic E-state index is 12.3. The van der Waals surface area contributed by atoms with E-state index in [0.29, 0.717) is 11.2 Å². The minimum Gasteiger partial charge on any atom is -0.342 e. The largest absolute Gasteiger partial charge is 0.342 e. The van der Waals surface area contributed by atoms with Gasteiger partial charge in [0.2, 0.25) is 5.91 Å². The zero-order valence-electron chi connectivity index (χ0n) is 12.9. The molecule has 1 saturated heterocycles. The molecule has 21 heavy (non-hydrogen) atoms. The highest BCUT2D eigenvalue weighted by Gasteiger charge is 2.28. The van der Waals surface area contributed by atoms with Gasteiger partial charge in [0.15, 0.2) is 0 Å². The van der Waals surface area contributed by atoms with E-state index in [-0.39, 0.29) is 0 Å². The number of rotatable bonds is 4. The Morgan fingerprint density at radius 1 is 1.29 bits per heavy atom. The zero-order valence-corrected chi connectivity index (χ0v) is 13.7. The minimum absolute atomic E-state index is 0.380. The first-order valence-electron chi connectivity index (χ1n) is 8.28. The lowest BCUT2D eigenvalue weighted by molar-refractivity contribution is -0.130. The topological polar surface area (TPSA) is 20.3 Å². The molecule has 2 aliphatic heterocycles. The Morgan fingerprint density at radius 3 is 2.95 bits per heavy atom. The average Bonchev–Trinajstić information content (AvgIpc) is 2.82. The van der Waals surface area contributed by atoms with Crippen molar-refractivity contribution in [3.05, 3.63) is 29.8 Å². The smallest absolute Gasteiger partial charge is 0.222 e. The number of likely N-dealkylation sites (tertiary alicyclic amines) is 1. The van der Waals surface area contributed by atoms with Crippen LogP contribution in [0.3, 0.4) is 0 Å². The van der Waals surface area contributed by atoms with Crippen LogP contribution in [0.5, 0.6) is 0 Å². The van der Waals surface area contributed by atoms with Gasteiger partial charge in [-0.05, 0) is 36.8 Å². The highest BCUT2D eigenvalue weighted by atomic mass is 32.2.